The molecule has 3 nitrogen and oxygen atoms in total. The molecule has 1 aromatic rings. The number of amides is 1. The Bertz CT molecular complexity index is 394. The second kappa shape index (κ2) is 5.58. The molecule has 0 aliphatic heterocycles. The van der Waals surface area contributed by atoms with Gasteiger partial charge >= 0.3 is 0 Å². The Morgan fingerprint density at radius 2 is 2.18 bits per heavy atom. The van der Waals surface area contributed by atoms with Crippen molar-refractivity contribution in [3.63, 3.8) is 0 Å². The number of hydrogen-bond donors (Lipinski definition) is 1. The van der Waals surface area contributed by atoms with Gasteiger partial charge < -0.3 is 9.73 Å². The number of furan rings is 1. The van der Waals surface area contributed by atoms with Crippen LogP contribution in [-0.4, -0.2) is 11.9 Å². The molecule has 4 heteroatoms. The van der Waals surface area contributed by atoms with Crippen LogP contribution < -0.4 is 5.32 Å². The molecule has 1 aliphatic carbocycles. The first-order chi connectivity index (χ1) is 8.20. The first-order valence-electron chi connectivity index (χ1n) is 6.17. The van der Waals surface area contributed by atoms with Gasteiger partial charge in [-0.25, -0.2) is 0 Å². The molecule has 0 saturated heterocycles. The molecular formula is C13H18ClNO2. The van der Waals surface area contributed by atoms with Crippen molar-refractivity contribution in [3.05, 3.63) is 23.2 Å². The minimum absolute atomic E-state index is 0.114. The van der Waals surface area contributed by atoms with Crippen molar-refractivity contribution in [2.45, 2.75) is 50.9 Å². The van der Waals surface area contributed by atoms with Gasteiger partial charge in [0.15, 0.2) is 5.76 Å². The quantitative estimate of drug-likeness (QED) is 0.842. The maximum Gasteiger partial charge on any atom is 0.287 e. The van der Waals surface area contributed by atoms with Gasteiger partial charge in [-0.2, -0.15) is 0 Å². The normalized spacial score (nSPS) is 17.1. The molecule has 1 aliphatic rings. The van der Waals surface area contributed by atoms with Crippen molar-refractivity contribution >= 4 is 17.5 Å². The van der Waals surface area contributed by atoms with E-state index in [1.807, 2.05) is 6.92 Å². The molecule has 17 heavy (non-hydrogen) atoms. The number of carbonyl (C=O) groups is 1. The fourth-order valence-corrected chi connectivity index (χ4v) is 2.53. The molecule has 0 unspecified atom stereocenters. The van der Waals surface area contributed by atoms with Gasteiger partial charge in [0.2, 0.25) is 0 Å². The average molecular weight is 256 g/mol. The van der Waals surface area contributed by atoms with Crippen LogP contribution in [0.1, 0.15) is 54.0 Å². The van der Waals surface area contributed by atoms with Crippen LogP contribution in [0.15, 0.2) is 10.5 Å². The summed E-state index contributed by atoms with van der Waals surface area (Å²) in [6.45, 7) is 1.83. The molecule has 1 N–H and O–H groups in total. The largest absolute Gasteiger partial charge is 0.456 e. The summed E-state index contributed by atoms with van der Waals surface area (Å²) >= 11 is 5.75. The third-order valence-corrected chi connectivity index (χ3v) is 3.62. The Kier molecular flexibility index (Phi) is 4.11. The predicted molar refractivity (Wildman–Crippen MR) is 67.3 cm³/mol. The van der Waals surface area contributed by atoms with E-state index in [2.05, 4.69) is 5.32 Å². The van der Waals surface area contributed by atoms with Crippen molar-refractivity contribution in [2.24, 2.45) is 0 Å². The average Bonchev–Trinajstić information content (AvgIpc) is 2.72. The highest BCUT2D eigenvalue weighted by atomic mass is 35.5. The van der Waals surface area contributed by atoms with Crippen LogP contribution in [-0.2, 0) is 5.88 Å². The zero-order valence-corrected chi connectivity index (χ0v) is 10.8. The summed E-state index contributed by atoms with van der Waals surface area (Å²) in [6, 6.07) is 2.04. The van der Waals surface area contributed by atoms with Crippen molar-refractivity contribution in [1.82, 2.24) is 5.32 Å². The second-order valence-corrected chi connectivity index (χ2v) is 4.90. The highest BCUT2D eigenvalue weighted by molar-refractivity contribution is 6.17. The van der Waals surface area contributed by atoms with E-state index in [0.29, 0.717) is 17.7 Å². The van der Waals surface area contributed by atoms with Gasteiger partial charge in [0, 0.05) is 11.6 Å². The summed E-state index contributed by atoms with van der Waals surface area (Å²) in [5, 5.41) is 3.02. The van der Waals surface area contributed by atoms with Gasteiger partial charge in [-0.15, -0.1) is 11.6 Å². The number of aryl methyl sites for hydroxylation is 1. The molecule has 2 rings (SSSR count). The van der Waals surface area contributed by atoms with E-state index in [1.165, 1.54) is 19.3 Å². The Morgan fingerprint density at radius 3 is 2.76 bits per heavy atom. The molecular weight excluding hydrogens is 238 g/mol. The summed E-state index contributed by atoms with van der Waals surface area (Å²) < 4.78 is 5.41. The van der Waals surface area contributed by atoms with Crippen LogP contribution in [0.5, 0.6) is 0 Å². The van der Waals surface area contributed by atoms with Crippen LogP contribution in [0, 0.1) is 6.92 Å². The maximum atomic E-state index is 11.9. The Morgan fingerprint density at radius 1 is 1.47 bits per heavy atom. The van der Waals surface area contributed by atoms with Gasteiger partial charge in [-0.05, 0) is 25.8 Å². The molecule has 0 bridgehead atoms. The van der Waals surface area contributed by atoms with Crippen molar-refractivity contribution in [3.8, 4) is 0 Å². The second-order valence-electron chi connectivity index (χ2n) is 4.63. The highest BCUT2D eigenvalue weighted by Gasteiger charge is 2.19. The van der Waals surface area contributed by atoms with Crippen LogP contribution in [0.2, 0.25) is 0 Å². The lowest BCUT2D eigenvalue weighted by Crippen LogP contribution is -2.35. The number of nitrogens with one attached hydrogen (secondary N) is 1. The van der Waals surface area contributed by atoms with Gasteiger partial charge in [0.05, 0.1) is 5.88 Å². The van der Waals surface area contributed by atoms with E-state index in [-0.39, 0.29) is 5.91 Å². The third kappa shape index (κ3) is 3.03. The van der Waals surface area contributed by atoms with Crippen LogP contribution in [0.3, 0.4) is 0 Å². The lowest BCUT2D eigenvalue weighted by atomic mass is 9.95. The Balaban J connectivity index is 1.98. The molecule has 1 heterocycles. The first kappa shape index (κ1) is 12.5. The smallest absolute Gasteiger partial charge is 0.287 e. The SMILES string of the molecule is Cc1oc(C(=O)NC2CCCCC2)cc1CCl. The zero-order chi connectivity index (χ0) is 12.3. The number of hydrogen-bond acceptors (Lipinski definition) is 2. The summed E-state index contributed by atoms with van der Waals surface area (Å²) in [7, 11) is 0. The first-order valence-corrected chi connectivity index (χ1v) is 6.70. The molecule has 0 aromatic carbocycles. The molecule has 0 radical (unpaired) electrons. The lowest BCUT2D eigenvalue weighted by molar-refractivity contribution is 0.0898. The number of rotatable bonds is 3. The zero-order valence-electron chi connectivity index (χ0n) is 10.1. The third-order valence-electron chi connectivity index (χ3n) is 3.33. The molecule has 1 aromatic heterocycles. The van der Waals surface area contributed by atoms with Crippen LogP contribution >= 0.6 is 11.6 Å². The van der Waals surface area contributed by atoms with Gasteiger partial charge in [0.1, 0.15) is 5.76 Å². The predicted octanol–water partition coefficient (Wildman–Crippen LogP) is 3.39. The summed E-state index contributed by atoms with van der Waals surface area (Å²) in [4.78, 5) is 11.9. The van der Waals surface area contributed by atoms with Crippen molar-refractivity contribution in [2.75, 3.05) is 0 Å². The maximum absolute atomic E-state index is 11.9. The highest BCUT2D eigenvalue weighted by Crippen LogP contribution is 2.20. The van der Waals surface area contributed by atoms with E-state index in [0.717, 1.165) is 24.2 Å². The number of carbonyl (C=O) groups excluding carboxylic acids is 1. The molecule has 1 saturated carbocycles. The minimum atomic E-state index is -0.114. The van der Waals surface area contributed by atoms with Gasteiger partial charge in [0.25, 0.3) is 5.91 Å². The molecule has 94 valence electrons. The molecule has 1 fully saturated rings. The Hall–Kier alpha value is -0.960. The van der Waals surface area contributed by atoms with Crippen LogP contribution in [0.25, 0.3) is 0 Å². The summed E-state index contributed by atoms with van der Waals surface area (Å²) in [6.07, 6.45) is 5.84. The van der Waals surface area contributed by atoms with Crippen molar-refractivity contribution < 1.29 is 9.21 Å². The molecule has 1 amide bonds. The van der Waals surface area contributed by atoms with E-state index >= 15 is 0 Å². The van der Waals surface area contributed by atoms with E-state index < -0.39 is 0 Å². The van der Waals surface area contributed by atoms with Gasteiger partial charge in [-0.1, -0.05) is 19.3 Å². The Labute approximate surface area is 107 Å². The van der Waals surface area contributed by atoms with E-state index in [9.17, 15) is 4.79 Å². The topological polar surface area (TPSA) is 42.2 Å². The van der Waals surface area contributed by atoms with E-state index in [1.54, 1.807) is 6.07 Å². The molecule has 0 spiro atoms. The van der Waals surface area contributed by atoms with Crippen molar-refractivity contribution in [1.29, 1.82) is 0 Å². The fourth-order valence-electron chi connectivity index (χ4n) is 2.27. The fraction of sp³-hybridized carbons (Fsp3) is 0.615. The lowest BCUT2D eigenvalue weighted by Gasteiger charge is -2.22. The number of alkyl halides is 1. The summed E-state index contributed by atoms with van der Waals surface area (Å²) in [5.74, 6) is 1.38. The van der Waals surface area contributed by atoms with Gasteiger partial charge in [-0.3, -0.25) is 4.79 Å². The van der Waals surface area contributed by atoms with E-state index in [4.69, 9.17) is 16.0 Å². The standard InChI is InChI=1S/C13H18ClNO2/c1-9-10(8-14)7-12(17-9)13(16)15-11-5-3-2-4-6-11/h7,11H,2-6,8H2,1H3,(H,15,16). The van der Waals surface area contributed by atoms with Crippen LogP contribution in [0.4, 0.5) is 0 Å². The molecule has 0 atom stereocenters. The minimum Gasteiger partial charge on any atom is -0.456 e. The monoisotopic (exact) mass is 255 g/mol. The summed E-state index contributed by atoms with van der Waals surface area (Å²) in [5.41, 5.74) is 0.889. The number of halogens is 1.